The Kier molecular flexibility index (Phi) is 8.32. The summed E-state index contributed by atoms with van der Waals surface area (Å²) in [6, 6.07) is 20.8. The van der Waals surface area contributed by atoms with Crippen molar-refractivity contribution in [3.63, 3.8) is 0 Å². The van der Waals surface area contributed by atoms with Crippen LogP contribution in [0, 0.1) is 5.41 Å². The van der Waals surface area contributed by atoms with Gasteiger partial charge < -0.3 is 16.0 Å². The molecule has 0 saturated heterocycles. The summed E-state index contributed by atoms with van der Waals surface area (Å²) in [5.41, 5.74) is 2.48. The van der Waals surface area contributed by atoms with E-state index in [-0.39, 0.29) is 11.3 Å². The summed E-state index contributed by atoms with van der Waals surface area (Å²) < 4.78 is 0. The van der Waals surface area contributed by atoms with E-state index in [0.29, 0.717) is 13.0 Å². The molecule has 0 bridgehead atoms. The van der Waals surface area contributed by atoms with Crippen LogP contribution in [0.1, 0.15) is 31.4 Å². The molecule has 1 amide bonds. The third-order valence-corrected chi connectivity index (χ3v) is 4.48. The van der Waals surface area contributed by atoms with Crippen LogP contribution in [0.3, 0.4) is 0 Å². The standard InChI is InChI=1S/C22H31N3O/c1-3-21(26)25-18-22(2,16-23-14-19-10-6-4-7-11-19)17-24-15-20-12-8-5-9-13-20/h4-13,23-24H,3,14-18H2,1-2H3,(H,25,26). The van der Waals surface area contributed by atoms with E-state index in [0.717, 1.165) is 26.2 Å². The molecule has 0 unspecified atom stereocenters. The largest absolute Gasteiger partial charge is 0.355 e. The summed E-state index contributed by atoms with van der Waals surface area (Å²) in [7, 11) is 0. The van der Waals surface area contributed by atoms with Gasteiger partial charge in [0.25, 0.3) is 0 Å². The van der Waals surface area contributed by atoms with Crippen molar-refractivity contribution in [3.8, 4) is 0 Å². The highest BCUT2D eigenvalue weighted by atomic mass is 16.1. The zero-order valence-corrected chi connectivity index (χ0v) is 15.9. The quantitative estimate of drug-likeness (QED) is 0.582. The van der Waals surface area contributed by atoms with Crippen LogP contribution in [-0.4, -0.2) is 25.5 Å². The highest BCUT2D eigenvalue weighted by Gasteiger charge is 2.24. The van der Waals surface area contributed by atoms with Crippen molar-refractivity contribution in [2.75, 3.05) is 19.6 Å². The lowest BCUT2D eigenvalue weighted by molar-refractivity contribution is -0.121. The number of hydrogen-bond donors (Lipinski definition) is 3. The highest BCUT2D eigenvalue weighted by Crippen LogP contribution is 2.14. The van der Waals surface area contributed by atoms with Gasteiger partial charge in [0.1, 0.15) is 0 Å². The molecule has 2 rings (SSSR count). The Morgan fingerprint density at radius 2 is 1.27 bits per heavy atom. The Hall–Kier alpha value is -2.17. The lowest BCUT2D eigenvalue weighted by Gasteiger charge is -2.31. The third-order valence-electron chi connectivity index (χ3n) is 4.48. The van der Waals surface area contributed by atoms with Gasteiger partial charge in [-0.05, 0) is 11.1 Å². The van der Waals surface area contributed by atoms with Crippen LogP contribution >= 0.6 is 0 Å². The number of hydrogen-bond acceptors (Lipinski definition) is 3. The van der Waals surface area contributed by atoms with Crippen molar-refractivity contribution in [2.24, 2.45) is 5.41 Å². The highest BCUT2D eigenvalue weighted by molar-refractivity contribution is 5.75. The first-order chi connectivity index (χ1) is 12.6. The summed E-state index contributed by atoms with van der Waals surface area (Å²) in [6.07, 6.45) is 0.519. The molecule has 0 fully saturated rings. The van der Waals surface area contributed by atoms with E-state index in [4.69, 9.17) is 0 Å². The maximum absolute atomic E-state index is 11.7. The van der Waals surface area contributed by atoms with Gasteiger partial charge in [0.15, 0.2) is 0 Å². The Morgan fingerprint density at radius 1 is 0.808 bits per heavy atom. The summed E-state index contributed by atoms with van der Waals surface area (Å²) in [5.74, 6) is 0.0994. The Morgan fingerprint density at radius 3 is 1.69 bits per heavy atom. The van der Waals surface area contributed by atoms with Crippen molar-refractivity contribution in [2.45, 2.75) is 33.4 Å². The molecule has 4 nitrogen and oxygen atoms in total. The number of rotatable bonds is 11. The number of carbonyl (C=O) groups is 1. The van der Waals surface area contributed by atoms with Crippen LogP contribution in [0.2, 0.25) is 0 Å². The summed E-state index contributed by atoms with van der Waals surface area (Å²) >= 11 is 0. The monoisotopic (exact) mass is 353 g/mol. The molecule has 0 spiro atoms. The number of benzene rings is 2. The second kappa shape index (κ2) is 10.7. The van der Waals surface area contributed by atoms with Gasteiger partial charge in [0.2, 0.25) is 5.91 Å². The smallest absolute Gasteiger partial charge is 0.219 e. The normalized spacial score (nSPS) is 11.3. The molecular weight excluding hydrogens is 322 g/mol. The van der Waals surface area contributed by atoms with E-state index in [1.807, 2.05) is 19.1 Å². The fourth-order valence-electron chi connectivity index (χ4n) is 2.83. The molecule has 0 aliphatic rings. The predicted molar refractivity (Wildman–Crippen MR) is 108 cm³/mol. The molecule has 140 valence electrons. The lowest BCUT2D eigenvalue weighted by atomic mass is 9.89. The molecule has 0 heterocycles. The van der Waals surface area contributed by atoms with Crippen molar-refractivity contribution < 1.29 is 4.79 Å². The Bertz CT molecular complexity index is 597. The van der Waals surface area contributed by atoms with E-state index in [2.05, 4.69) is 71.4 Å². The third kappa shape index (κ3) is 7.38. The second-order valence-corrected chi connectivity index (χ2v) is 7.12. The minimum Gasteiger partial charge on any atom is -0.355 e. The summed E-state index contributed by atoms with van der Waals surface area (Å²) in [5, 5.41) is 10.1. The zero-order valence-electron chi connectivity index (χ0n) is 15.9. The first kappa shape index (κ1) is 20.1. The van der Waals surface area contributed by atoms with Crippen LogP contribution in [0.15, 0.2) is 60.7 Å². The van der Waals surface area contributed by atoms with Gasteiger partial charge >= 0.3 is 0 Å². The van der Waals surface area contributed by atoms with E-state index >= 15 is 0 Å². The number of amides is 1. The van der Waals surface area contributed by atoms with Crippen molar-refractivity contribution >= 4 is 5.91 Å². The maximum Gasteiger partial charge on any atom is 0.219 e. The molecule has 0 aliphatic heterocycles. The molecule has 0 aromatic heterocycles. The van der Waals surface area contributed by atoms with E-state index < -0.39 is 0 Å². The average molecular weight is 354 g/mol. The molecule has 0 radical (unpaired) electrons. The lowest BCUT2D eigenvalue weighted by Crippen LogP contribution is -2.47. The topological polar surface area (TPSA) is 53.2 Å². The van der Waals surface area contributed by atoms with Crippen LogP contribution in [0.5, 0.6) is 0 Å². The molecule has 4 heteroatoms. The SMILES string of the molecule is CCC(=O)NCC(C)(CNCc1ccccc1)CNCc1ccccc1. The average Bonchev–Trinajstić information content (AvgIpc) is 2.68. The molecule has 0 saturated carbocycles. The maximum atomic E-state index is 11.7. The molecule has 2 aromatic carbocycles. The fraction of sp³-hybridized carbons (Fsp3) is 0.409. The number of carbonyl (C=O) groups excluding carboxylic acids is 1. The Balaban J connectivity index is 1.86. The van der Waals surface area contributed by atoms with Gasteiger partial charge in [0.05, 0.1) is 0 Å². The second-order valence-electron chi connectivity index (χ2n) is 7.12. The van der Waals surface area contributed by atoms with Crippen LogP contribution in [-0.2, 0) is 17.9 Å². The summed E-state index contributed by atoms with van der Waals surface area (Å²) in [6.45, 7) is 8.06. The van der Waals surface area contributed by atoms with Crippen LogP contribution in [0.25, 0.3) is 0 Å². The van der Waals surface area contributed by atoms with Gasteiger partial charge in [-0.15, -0.1) is 0 Å². The van der Waals surface area contributed by atoms with Gasteiger partial charge in [-0.25, -0.2) is 0 Å². The first-order valence-corrected chi connectivity index (χ1v) is 9.37. The fourth-order valence-corrected chi connectivity index (χ4v) is 2.83. The van der Waals surface area contributed by atoms with Gasteiger partial charge in [-0.3, -0.25) is 4.79 Å². The van der Waals surface area contributed by atoms with E-state index in [9.17, 15) is 4.79 Å². The van der Waals surface area contributed by atoms with Gasteiger partial charge in [0, 0.05) is 44.6 Å². The Labute approximate surface area is 157 Å². The van der Waals surface area contributed by atoms with E-state index in [1.54, 1.807) is 0 Å². The molecule has 3 N–H and O–H groups in total. The van der Waals surface area contributed by atoms with Gasteiger partial charge in [-0.1, -0.05) is 74.5 Å². The first-order valence-electron chi connectivity index (χ1n) is 9.37. The molecular formula is C22H31N3O. The molecule has 2 aromatic rings. The number of nitrogens with one attached hydrogen (secondary N) is 3. The predicted octanol–water partition coefficient (Wildman–Crippen LogP) is 3.10. The van der Waals surface area contributed by atoms with Crippen molar-refractivity contribution in [1.82, 2.24) is 16.0 Å². The minimum atomic E-state index is -0.0611. The molecule has 26 heavy (non-hydrogen) atoms. The van der Waals surface area contributed by atoms with Crippen LogP contribution in [0.4, 0.5) is 0 Å². The summed E-state index contributed by atoms with van der Waals surface area (Å²) in [4.78, 5) is 11.7. The van der Waals surface area contributed by atoms with E-state index in [1.165, 1.54) is 11.1 Å². The molecule has 0 atom stereocenters. The van der Waals surface area contributed by atoms with Gasteiger partial charge in [-0.2, -0.15) is 0 Å². The van der Waals surface area contributed by atoms with Crippen LogP contribution < -0.4 is 16.0 Å². The minimum absolute atomic E-state index is 0.0611. The van der Waals surface area contributed by atoms with Crippen molar-refractivity contribution in [3.05, 3.63) is 71.8 Å². The molecule has 0 aliphatic carbocycles. The zero-order chi connectivity index (χ0) is 18.7. The van der Waals surface area contributed by atoms with Crippen molar-refractivity contribution in [1.29, 1.82) is 0 Å².